The maximum Gasteiger partial charge on any atom is 0.261 e. The third-order valence-corrected chi connectivity index (χ3v) is 6.18. The lowest BCUT2D eigenvalue weighted by molar-refractivity contribution is 0.102. The molecule has 9 nitrogen and oxygen atoms in total. The van der Waals surface area contributed by atoms with Crippen molar-refractivity contribution >= 4 is 27.3 Å². The normalized spacial score (nSPS) is 11.2. The summed E-state index contributed by atoms with van der Waals surface area (Å²) in [5.41, 5.74) is 4.00. The minimum Gasteiger partial charge on any atom is -0.322 e. The van der Waals surface area contributed by atoms with E-state index < -0.39 is 10.0 Å². The first-order chi connectivity index (χ1) is 15.3. The molecular formula is C22H20N6O3S. The Morgan fingerprint density at radius 2 is 1.59 bits per heavy atom. The van der Waals surface area contributed by atoms with Crippen molar-refractivity contribution in [1.82, 2.24) is 20.2 Å². The lowest BCUT2D eigenvalue weighted by Crippen LogP contribution is -2.14. The predicted octanol–water partition coefficient (Wildman–Crippen LogP) is 3.33. The second-order valence-corrected chi connectivity index (χ2v) is 8.89. The topological polar surface area (TPSA) is 119 Å². The van der Waals surface area contributed by atoms with Gasteiger partial charge in [0.15, 0.2) is 0 Å². The van der Waals surface area contributed by atoms with Crippen LogP contribution < -0.4 is 10.0 Å². The number of sulfonamides is 1. The first-order valence-electron chi connectivity index (χ1n) is 9.67. The van der Waals surface area contributed by atoms with Gasteiger partial charge in [0.1, 0.15) is 6.33 Å². The van der Waals surface area contributed by atoms with Crippen molar-refractivity contribution in [1.29, 1.82) is 0 Å². The molecule has 4 rings (SSSR count). The summed E-state index contributed by atoms with van der Waals surface area (Å²) < 4.78 is 29.1. The van der Waals surface area contributed by atoms with Gasteiger partial charge in [-0.05, 0) is 84.4 Å². The van der Waals surface area contributed by atoms with Crippen LogP contribution in [0.1, 0.15) is 21.5 Å². The predicted molar refractivity (Wildman–Crippen MR) is 120 cm³/mol. The van der Waals surface area contributed by atoms with Gasteiger partial charge in [0.2, 0.25) is 0 Å². The Morgan fingerprint density at radius 1 is 0.906 bits per heavy atom. The molecule has 0 unspecified atom stereocenters. The Labute approximate surface area is 185 Å². The molecule has 1 heterocycles. The number of anilines is 2. The molecule has 1 amide bonds. The molecule has 1 aromatic heterocycles. The fraction of sp³-hybridized carbons (Fsp3) is 0.0909. The van der Waals surface area contributed by atoms with Crippen LogP contribution in [0.3, 0.4) is 0 Å². The van der Waals surface area contributed by atoms with Gasteiger partial charge < -0.3 is 5.32 Å². The van der Waals surface area contributed by atoms with E-state index in [0.717, 1.165) is 16.8 Å². The van der Waals surface area contributed by atoms with Crippen LogP contribution in [0.5, 0.6) is 0 Å². The number of nitrogens with zero attached hydrogens (tertiary/aromatic N) is 4. The highest BCUT2D eigenvalue weighted by Gasteiger charge is 2.14. The number of carbonyl (C=O) groups excluding carboxylic acids is 1. The molecule has 0 aliphatic heterocycles. The molecule has 10 heteroatoms. The number of aryl methyl sites for hydroxylation is 2. The number of amides is 1. The molecule has 0 saturated heterocycles. The van der Waals surface area contributed by atoms with Gasteiger partial charge in [-0.15, -0.1) is 5.10 Å². The van der Waals surface area contributed by atoms with Crippen molar-refractivity contribution in [2.75, 3.05) is 10.0 Å². The summed E-state index contributed by atoms with van der Waals surface area (Å²) in [6, 6.07) is 18.2. The number of tetrazole rings is 1. The summed E-state index contributed by atoms with van der Waals surface area (Å²) in [6.45, 7) is 3.75. The number of carbonyl (C=O) groups is 1. The Kier molecular flexibility index (Phi) is 5.69. The van der Waals surface area contributed by atoms with Gasteiger partial charge in [-0.1, -0.05) is 17.7 Å². The maximum absolute atomic E-state index is 12.6. The van der Waals surface area contributed by atoms with Gasteiger partial charge in [0, 0.05) is 16.9 Å². The highest BCUT2D eigenvalue weighted by atomic mass is 32.2. The van der Waals surface area contributed by atoms with Crippen molar-refractivity contribution in [2.24, 2.45) is 0 Å². The zero-order chi connectivity index (χ0) is 22.7. The monoisotopic (exact) mass is 448 g/mol. The summed E-state index contributed by atoms with van der Waals surface area (Å²) in [6.07, 6.45) is 1.48. The summed E-state index contributed by atoms with van der Waals surface area (Å²) in [4.78, 5) is 12.8. The SMILES string of the molecule is Cc1ccc(S(=O)(=O)Nc2ccc(NC(=O)c3ccc(-n4cnnn4)c(C)c3)cc2)cc1. The fourth-order valence-electron chi connectivity index (χ4n) is 3.08. The minimum absolute atomic E-state index is 0.181. The molecule has 0 aliphatic carbocycles. The molecule has 0 atom stereocenters. The smallest absolute Gasteiger partial charge is 0.261 e. The van der Waals surface area contributed by atoms with E-state index in [4.69, 9.17) is 0 Å². The zero-order valence-electron chi connectivity index (χ0n) is 17.4. The minimum atomic E-state index is -3.69. The number of rotatable bonds is 6. The lowest BCUT2D eigenvalue weighted by Gasteiger charge is -2.11. The van der Waals surface area contributed by atoms with Crippen molar-refractivity contribution < 1.29 is 13.2 Å². The van der Waals surface area contributed by atoms with Crippen molar-refractivity contribution in [3.05, 3.63) is 89.7 Å². The van der Waals surface area contributed by atoms with Gasteiger partial charge >= 0.3 is 0 Å². The molecule has 32 heavy (non-hydrogen) atoms. The molecular weight excluding hydrogens is 428 g/mol. The maximum atomic E-state index is 12.6. The highest BCUT2D eigenvalue weighted by molar-refractivity contribution is 7.92. The molecule has 0 radical (unpaired) electrons. The van der Waals surface area contributed by atoms with E-state index in [9.17, 15) is 13.2 Å². The largest absolute Gasteiger partial charge is 0.322 e. The second-order valence-electron chi connectivity index (χ2n) is 7.21. The molecule has 4 aromatic rings. The summed E-state index contributed by atoms with van der Waals surface area (Å²) >= 11 is 0. The number of benzene rings is 3. The third kappa shape index (κ3) is 4.65. The van der Waals surface area contributed by atoms with E-state index >= 15 is 0 Å². The molecule has 162 valence electrons. The van der Waals surface area contributed by atoms with Gasteiger partial charge in [0.05, 0.1) is 10.6 Å². The van der Waals surface area contributed by atoms with E-state index in [1.165, 1.54) is 11.0 Å². The van der Waals surface area contributed by atoms with Crippen LogP contribution in [-0.4, -0.2) is 34.5 Å². The number of aromatic nitrogens is 4. The molecule has 0 saturated carbocycles. The van der Waals surface area contributed by atoms with Gasteiger partial charge in [-0.2, -0.15) is 0 Å². The number of nitrogens with one attached hydrogen (secondary N) is 2. The molecule has 0 spiro atoms. The van der Waals surface area contributed by atoms with Gasteiger partial charge in [-0.3, -0.25) is 9.52 Å². The average molecular weight is 449 g/mol. The average Bonchev–Trinajstić information content (AvgIpc) is 3.30. The van der Waals surface area contributed by atoms with Crippen LogP contribution >= 0.6 is 0 Å². The lowest BCUT2D eigenvalue weighted by atomic mass is 10.1. The Balaban J connectivity index is 1.44. The van der Waals surface area contributed by atoms with Crippen LogP contribution in [0.2, 0.25) is 0 Å². The summed E-state index contributed by atoms with van der Waals surface area (Å²) in [7, 11) is -3.69. The first kappa shape index (κ1) is 21.2. The van der Waals surface area contributed by atoms with Crippen molar-refractivity contribution in [3.8, 4) is 5.69 Å². The van der Waals surface area contributed by atoms with E-state index in [1.54, 1.807) is 66.7 Å². The van der Waals surface area contributed by atoms with Crippen LogP contribution in [0.15, 0.2) is 78.0 Å². The fourth-order valence-corrected chi connectivity index (χ4v) is 4.14. The van der Waals surface area contributed by atoms with E-state index in [1.807, 2.05) is 13.8 Å². The van der Waals surface area contributed by atoms with Crippen LogP contribution in [-0.2, 0) is 10.0 Å². The van der Waals surface area contributed by atoms with Crippen LogP contribution in [0.25, 0.3) is 5.69 Å². The van der Waals surface area contributed by atoms with Gasteiger partial charge in [0.25, 0.3) is 15.9 Å². The van der Waals surface area contributed by atoms with Crippen LogP contribution in [0, 0.1) is 13.8 Å². The molecule has 2 N–H and O–H groups in total. The standard InChI is InChI=1S/C22H20N6O3S/c1-15-3-10-20(11-4-15)32(30,31)25-19-8-6-18(7-9-19)24-22(29)17-5-12-21(16(2)13-17)28-14-23-26-27-28/h3-14,25H,1-2H3,(H,24,29). The van der Waals surface area contributed by atoms with E-state index in [0.29, 0.717) is 16.9 Å². The Hall–Kier alpha value is -4.05. The van der Waals surface area contributed by atoms with Crippen molar-refractivity contribution in [2.45, 2.75) is 18.7 Å². The quantitative estimate of drug-likeness (QED) is 0.467. The molecule has 0 fully saturated rings. The molecule has 3 aromatic carbocycles. The summed E-state index contributed by atoms with van der Waals surface area (Å²) in [5.74, 6) is -0.288. The first-order valence-corrected chi connectivity index (χ1v) is 11.1. The number of hydrogen-bond donors (Lipinski definition) is 2. The van der Waals surface area contributed by atoms with E-state index in [2.05, 4.69) is 25.6 Å². The Bertz CT molecular complexity index is 1350. The number of hydrogen-bond acceptors (Lipinski definition) is 6. The molecule has 0 aliphatic rings. The van der Waals surface area contributed by atoms with Gasteiger partial charge in [-0.25, -0.2) is 13.1 Å². The Morgan fingerprint density at radius 3 is 2.22 bits per heavy atom. The van der Waals surface area contributed by atoms with Crippen molar-refractivity contribution in [3.63, 3.8) is 0 Å². The van der Waals surface area contributed by atoms with Crippen LogP contribution in [0.4, 0.5) is 11.4 Å². The highest BCUT2D eigenvalue weighted by Crippen LogP contribution is 2.20. The van der Waals surface area contributed by atoms with E-state index in [-0.39, 0.29) is 10.8 Å². The third-order valence-electron chi connectivity index (χ3n) is 4.78. The summed E-state index contributed by atoms with van der Waals surface area (Å²) in [5, 5.41) is 13.9. The second kappa shape index (κ2) is 8.60. The zero-order valence-corrected chi connectivity index (χ0v) is 18.2. The molecule has 0 bridgehead atoms.